The zero-order valence-corrected chi connectivity index (χ0v) is 89.6. The van der Waals surface area contributed by atoms with Gasteiger partial charge in [0, 0.05) is 254 Å². The first-order valence-electron chi connectivity index (χ1n) is 44.3. The fraction of sp³-hybridized carbons (Fsp3) is 0.620. The lowest BCUT2D eigenvalue weighted by Crippen LogP contribution is -2.46. The summed E-state index contributed by atoms with van der Waals surface area (Å²) in [7, 11) is 6.78. The molecule has 0 unspecified atom stereocenters. The van der Waals surface area contributed by atoms with Gasteiger partial charge in [-0.1, -0.05) is 131 Å². The molecule has 0 saturated carbocycles. The van der Waals surface area contributed by atoms with Crippen LogP contribution in [0.25, 0.3) is 32.3 Å². The number of anilines is 3. The molecule has 5 amide bonds. The Labute approximate surface area is 785 Å². The number of imide groups is 2. The van der Waals surface area contributed by atoms with Crippen LogP contribution in [0.3, 0.4) is 0 Å². The van der Waals surface area contributed by atoms with Crippen molar-refractivity contribution in [3.05, 3.63) is 124 Å². The minimum absolute atomic E-state index is 0.141. The summed E-state index contributed by atoms with van der Waals surface area (Å²) in [6, 6.07) is 38.2. The van der Waals surface area contributed by atoms with Gasteiger partial charge in [0.2, 0.25) is 0 Å². The maximum atomic E-state index is 13.1. The van der Waals surface area contributed by atoms with Crippen molar-refractivity contribution in [3.8, 4) is 0 Å². The van der Waals surface area contributed by atoms with Crippen LogP contribution < -0.4 is 16.0 Å². The van der Waals surface area contributed by atoms with Crippen LogP contribution in [-0.4, -0.2) is 302 Å². The Kier molecular flexibility index (Phi) is 82.9. The van der Waals surface area contributed by atoms with E-state index in [9.17, 15) is 24.0 Å². The zero-order valence-electron chi connectivity index (χ0n) is 83.6. The Morgan fingerprint density at radius 2 is 0.623 bits per heavy atom. The zero-order chi connectivity index (χ0) is 101. The van der Waals surface area contributed by atoms with Crippen molar-refractivity contribution in [2.75, 3.05) is 175 Å². The number of nitrogens with one attached hydrogen (secondary N) is 3. The molecule has 0 bridgehead atoms. The van der Waals surface area contributed by atoms with Gasteiger partial charge in [-0.25, -0.2) is 0 Å². The average Bonchev–Trinajstić information content (AvgIpc) is 0.755. The van der Waals surface area contributed by atoms with Gasteiger partial charge in [0.15, 0.2) is 16.6 Å². The third kappa shape index (κ3) is 43.2. The van der Waals surface area contributed by atoms with E-state index in [-0.39, 0.29) is 29.5 Å². The minimum atomic E-state index is -2.68. The number of amides is 5. The molecule has 6 aromatic rings. The van der Waals surface area contributed by atoms with Crippen LogP contribution in [0.15, 0.2) is 91.0 Å². The van der Waals surface area contributed by atoms with Crippen molar-refractivity contribution in [1.29, 1.82) is 0 Å². The normalized spacial score (nSPS) is 11.8. The van der Waals surface area contributed by atoms with E-state index in [2.05, 4.69) is 110 Å². The Bertz CT molecular complexity index is 3960. The molecule has 0 atom stereocenters. The highest BCUT2D eigenvalue weighted by Crippen LogP contribution is 2.39. The number of aliphatic hydroxyl groups excluding tert-OH is 9. The quantitative estimate of drug-likeness (QED) is 0.00962. The average molecular weight is 1940 g/mol. The fourth-order valence-electron chi connectivity index (χ4n) is 14.5. The van der Waals surface area contributed by atoms with Gasteiger partial charge < -0.3 is 102 Å². The number of hydrogen-bond acceptors (Lipinski definition) is 29. The molecule has 3 aliphatic rings. The van der Waals surface area contributed by atoms with E-state index in [1.807, 2.05) is 113 Å². The summed E-state index contributed by atoms with van der Waals surface area (Å²) < 4.78 is 79.5. The molecule has 3 heterocycles. The van der Waals surface area contributed by atoms with Crippen LogP contribution in [0, 0.1) is 17.8 Å². The molecule has 9 rings (SSSR count). The van der Waals surface area contributed by atoms with Crippen LogP contribution in [0.2, 0.25) is 48.4 Å². The smallest absolute Gasteiger partial charge is 0.420 e. The van der Waals surface area contributed by atoms with Gasteiger partial charge in [0.05, 0.1) is 0 Å². The van der Waals surface area contributed by atoms with E-state index in [1.54, 1.807) is 21.3 Å². The first-order valence-corrected chi connectivity index (χ1v) is 54.9. The van der Waals surface area contributed by atoms with E-state index >= 15 is 0 Å². The highest BCUT2D eigenvalue weighted by atomic mass is 28.4. The van der Waals surface area contributed by atoms with Crippen LogP contribution >= 0.6 is 0 Å². The van der Waals surface area contributed by atoms with Crippen molar-refractivity contribution < 1.29 is 123 Å². The summed E-state index contributed by atoms with van der Waals surface area (Å²) in [5.74, 6) is 0.803. The lowest BCUT2D eigenvalue weighted by atomic mass is 9.92. The van der Waals surface area contributed by atoms with E-state index in [4.69, 9.17) is 99.2 Å². The molecule has 0 spiro atoms. The maximum Gasteiger partial charge on any atom is 0.549 e. The van der Waals surface area contributed by atoms with Gasteiger partial charge in [0.25, 0.3) is 29.5 Å². The number of carbonyl (C=O) groups excluding carboxylic acids is 5. The summed E-state index contributed by atoms with van der Waals surface area (Å²) >= 11 is 0. The Balaban J connectivity index is -0.000000376. The topological polar surface area (TPSA) is 455 Å². The molecule has 38 heteroatoms. The Morgan fingerprint density at radius 3 is 0.915 bits per heavy atom. The number of aliphatic hydroxyl groups is 9. The van der Waals surface area contributed by atoms with Gasteiger partial charge in [-0.05, 0) is 167 Å². The van der Waals surface area contributed by atoms with Crippen LogP contribution in [0.1, 0.15) is 206 Å². The van der Waals surface area contributed by atoms with Gasteiger partial charge in [-0.2, -0.15) is 0 Å². The summed E-state index contributed by atoms with van der Waals surface area (Å²) in [5.41, 5.74) is 7.42. The first kappa shape index (κ1) is 134. The molecule has 0 radical (unpaired) electrons. The molecule has 744 valence electrons. The second kappa shape index (κ2) is 80.5. The van der Waals surface area contributed by atoms with Crippen LogP contribution in [0.5, 0.6) is 0 Å². The predicted octanol–water partition coefficient (Wildman–Crippen LogP) is 14.4. The second-order valence-corrected chi connectivity index (χ2v) is 44.9. The number of benzene rings is 6. The SMILES string of the molecule is CCCC[Si](CC)(CC)OC.CCO[Si](CCCNc1ccc2c3c(cccc13)C(=O)N(CCC(C)C)C2=O)(OCC)OCC.CC[Si](CC)(CCCNc1ccc2c3c(cccc13)C(=O)N(CCC(C)C)C2=O)OC.CO.CO.CO.CO.CO.CO.CO.CO.CO.CO[Si](CCCNc1ccc2c3c(cccc13)C(=O)N(CCC(C)C)C2)(OC)OC.O=[Si]=O.O=[Si]=O. The lowest BCUT2D eigenvalue weighted by Gasteiger charge is -2.30. The lowest BCUT2D eigenvalue weighted by molar-refractivity contribution is 0.0588. The molecule has 0 saturated heterocycles. The Morgan fingerprint density at radius 1 is 0.346 bits per heavy atom. The number of rotatable bonds is 42. The number of nitrogens with zero attached hydrogens (tertiary/aromatic N) is 3. The minimum Gasteiger partial charge on any atom is -0.420 e. The number of hydrogen-bond donors (Lipinski definition) is 12. The summed E-state index contributed by atoms with van der Waals surface area (Å²) in [6.07, 6.45) is 8.00. The monoisotopic (exact) mass is 1940 g/mol. The molecule has 0 fully saturated rings. The Hall–Kier alpha value is -6.93. The van der Waals surface area contributed by atoms with Crippen LogP contribution in [0.4, 0.5) is 17.1 Å². The molecule has 0 aliphatic carbocycles. The molecule has 0 aromatic heterocycles. The third-order valence-corrected chi connectivity index (χ3v) is 36.8. The number of unbranched alkanes of at least 4 members (excludes halogenated alkanes) is 1. The predicted molar refractivity (Wildman–Crippen MR) is 532 cm³/mol. The van der Waals surface area contributed by atoms with Crippen LogP contribution in [-0.2, 0) is 59.8 Å². The van der Waals surface area contributed by atoms with E-state index in [0.29, 0.717) is 86.0 Å². The largest absolute Gasteiger partial charge is 0.549 e. The molecular weight excluding hydrogens is 1770 g/mol. The first-order chi connectivity index (χ1) is 62.8. The van der Waals surface area contributed by atoms with Gasteiger partial charge in [0.1, 0.15) is 0 Å². The van der Waals surface area contributed by atoms with Gasteiger partial charge in [-0.15, -0.1) is 0 Å². The summed E-state index contributed by atoms with van der Waals surface area (Å²) in [6.45, 7) is 36.3. The van der Waals surface area contributed by atoms with Gasteiger partial charge in [-0.3, -0.25) is 51.6 Å². The molecular formula is C92H166N6O26Si6. The highest BCUT2D eigenvalue weighted by Gasteiger charge is 2.41. The molecule has 3 aliphatic heterocycles. The van der Waals surface area contributed by atoms with E-state index in [0.717, 1.165) is 207 Å². The van der Waals surface area contributed by atoms with Crippen molar-refractivity contribution in [2.24, 2.45) is 17.8 Å². The van der Waals surface area contributed by atoms with E-state index in [1.165, 1.54) is 46.3 Å². The highest BCUT2D eigenvalue weighted by molar-refractivity contribution is 6.74. The third-order valence-electron chi connectivity index (χ3n) is 21.4. The summed E-state index contributed by atoms with van der Waals surface area (Å²) in [5, 5.41) is 79.1. The van der Waals surface area contributed by atoms with E-state index < -0.39 is 52.8 Å². The van der Waals surface area contributed by atoms with Crippen molar-refractivity contribution in [2.45, 2.75) is 203 Å². The number of carbonyl (C=O) groups is 5. The molecule has 6 aromatic carbocycles. The van der Waals surface area contributed by atoms with Crippen molar-refractivity contribution >= 4 is 132 Å². The maximum absolute atomic E-state index is 13.1. The van der Waals surface area contributed by atoms with Gasteiger partial charge >= 0.3 is 36.2 Å². The standard InChI is InChI=1S/C26H38N2O5Si.C25H36N2O3Si.C23H34N2O4Si.C9H22OSi.9CH4O.2O2Si/c1-6-31-34(32-7-2,33-8-3)18-10-16-27-23-14-13-22-24-20(23)11-9-12-21(24)25(29)28(26(22)30)17-15-19(4)5;1-6-31(7-2,30-5)17-9-15-26-22-13-12-21-23-19(22)10-8-11-20(23)24(28)27(25(21)29)16-14-18(3)4;1-17(2)12-14-25-16-18-10-11-21(19-8-6-9-20(22(18)19)23(25)26)24-13-7-15-30(27-3,28-4)29-5;1-5-8-9-11(6-2,7-3)10-4;9*1-2;2*1-3-2/h9,11-14,19,27H,6-8,10,15-18H2,1-5H3;8,10-13,18,26H,6-7,9,14-17H2,1-5H3;6,8-11,17,24H,7,12-16H2,1-5H3;5-9H2,1-4H3;9*2H,1H3;;. The summed E-state index contributed by atoms with van der Waals surface area (Å²) in [4.78, 5) is 70.3. The second-order valence-electron chi connectivity index (χ2n) is 29.4. The van der Waals surface area contributed by atoms with Crippen molar-refractivity contribution in [1.82, 2.24) is 14.7 Å². The molecule has 32 nitrogen and oxygen atoms in total. The molecule has 130 heavy (non-hydrogen) atoms. The van der Waals surface area contributed by atoms with Crippen molar-refractivity contribution in [3.63, 3.8) is 0 Å². The molecule has 12 N–H and O–H groups in total. The fourth-order valence-corrected chi connectivity index (χ4v) is 24.6.